The Morgan fingerprint density at radius 3 is 2.34 bits per heavy atom. The maximum atomic E-state index is 13.8. The van der Waals surface area contributed by atoms with Crippen molar-refractivity contribution < 1.29 is 24.5 Å². The number of hydrogen-bond donors (Lipinski definition) is 2. The molecule has 0 spiro atoms. The summed E-state index contributed by atoms with van der Waals surface area (Å²) in [6.07, 6.45) is 1.22. The van der Waals surface area contributed by atoms with E-state index in [1.54, 1.807) is 66.7 Å². The predicted octanol–water partition coefficient (Wildman–Crippen LogP) is 6.63. The Labute approximate surface area is 226 Å². The first-order chi connectivity index (χ1) is 18.1. The highest BCUT2D eigenvalue weighted by Gasteiger charge is 2.30. The molecule has 0 unspecified atom stereocenters. The fraction of sp³-hybridized carbons (Fsp3) is 0.290. The number of hydrogen-bond acceptors (Lipinski definition) is 6. The molecule has 0 radical (unpaired) electrons. The number of ketones is 1. The van der Waals surface area contributed by atoms with Crippen LogP contribution in [0.5, 0.6) is 17.2 Å². The monoisotopic (exact) mass is 529 g/mol. The van der Waals surface area contributed by atoms with Gasteiger partial charge in [-0.05, 0) is 77.7 Å². The van der Waals surface area contributed by atoms with Crippen molar-refractivity contribution in [3.8, 4) is 27.7 Å². The van der Waals surface area contributed by atoms with E-state index in [0.29, 0.717) is 36.4 Å². The van der Waals surface area contributed by atoms with Gasteiger partial charge in [0, 0.05) is 45.5 Å². The summed E-state index contributed by atoms with van der Waals surface area (Å²) in [5.74, 6) is 0.985. The molecule has 7 heteroatoms. The fourth-order valence-electron chi connectivity index (χ4n) is 4.76. The molecule has 38 heavy (non-hydrogen) atoms. The van der Waals surface area contributed by atoms with Crippen molar-refractivity contribution in [2.45, 2.75) is 39.7 Å². The lowest BCUT2D eigenvalue weighted by molar-refractivity contribution is -0.132. The summed E-state index contributed by atoms with van der Waals surface area (Å²) >= 11 is 1.43. The summed E-state index contributed by atoms with van der Waals surface area (Å²) in [4.78, 5) is 29.0. The number of nitrogens with zero attached hydrogens (tertiary/aromatic N) is 1. The van der Waals surface area contributed by atoms with Gasteiger partial charge in [-0.1, -0.05) is 20.8 Å². The third kappa shape index (κ3) is 5.53. The van der Waals surface area contributed by atoms with Gasteiger partial charge in [-0.15, -0.1) is 11.3 Å². The van der Waals surface area contributed by atoms with Crippen LogP contribution in [0, 0.1) is 5.41 Å². The zero-order valence-electron chi connectivity index (χ0n) is 21.7. The summed E-state index contributed by atoms with van der Waals surface area (Å²) in [6.45, 7) is 7.45. The molecule has 0 saturated carbocycles. The van der Waals surface area contributed by atoms with Crippen LogP contribution in [0.2, 0.25) is 0 Å². The molecule has 1 saturated heterocycles. The van der Waals surface area contributed by atoms with E-state index in [0.717, 1.165) is 26.9 Å². The number of carbonyl (C=O) groups is 2. The maximum absolute atomic E-state index is 13.8. The van der Waals surface area contributed by atoms with Crippen LogP contribution >= 0.6 is 11.3 Å². The smallest absolute Gasteiger partial charge is 0.223 e. The van der Waals surface area contributed by atoms with E-state index in [4.69, 9.17) is 4.74 Å². The fourth-order valence-corrected chi connectivity index (χ4v) is 6.00. The van der Waals surface area contributed by atoms with Gasteiger partial charge in [0.05, 0.1) is 6.54 Å². The van der Waals surface area contributed by atoms with Crippen molar-refractivity contribution in [2.75, 3.05) is 13.1 Å². The Bertz CT molecular complexity index is 1480. The van der Waals surface area contributed by atoms with Crippen molar-refractivity contribution >= 4 is 33.1 Å². The van der Waals surface area contributed by atoms with Gasteiger partial charge in [-0.25, -0.2) is 0 Å². The molecule has 1 aliphatic rings. The van der Waals surface area contributed by atoms with E-state index in [1.807, 2.05) is 4.90 Å². The molecule has 6 nitrogen and oxygen atoms in total. The Morgan fingerprint density at radius 2 is 1.66 bits per heavy atom. The molecule has 1 amide bonds. The summed E-state index contributed by atoms with van der Waals surface area (Å²) in [6, 6.07) is 18.9. The van der Waals surface area contributed by atoms with Gasteiger partial charge < -0.3 is 19.8 Å². The number of aromatic hydroxyl groups is 2. The Morgan fingerprint density at radius 1 is 0.974 bits per heavy atom. The van der Waals surface area contributed by atoms with Crippen molar-refractivity contribution in [2.24, 2.45) is 5.41 Å². The Hall–Kier alpha value is -3.84. The van der Waals surface area contributed by atoms with Gasteiger partial charge in [0.25, 0.3) is 0 Å². The van der Waals surface area contributed by atoms with Crippen LogP contribution in [-0.4, -0.2) is 46.0 Å². The Balaban J connectivity index is 1.35. The van der Waals surface area contributed by atoms with Gasteiger partial charge in [-0.2, -0.15) is 0 Å². The molecule has 4 aromatic rings. The van der Waals surface area contributed by atoms with Gasteiger partial charge in [0.2, 0.25) is 5.91 Å². The second kappa shape index (κ2) is 10.1. The first-order valence-electron chi connectivity index (χ1n) is 12.7. The summed E-state index contributed by atoms with van der Waals surface area (Å²) in [7, 11) is 0. The van der Waals surface area contributed by atoms with Gasteiger partial charge >= 0.3 is 0 Å². The molecular weight excluding hydrogens is 498 g/mol. The molecule has 1 fully saturated rings. The average molecular weight is 530 g/mol. The van der Waals surface area contributed by atoms with Gasteiger partial charge in [0.1, 0.15) is 23.4 Å². The Kier molecular flexibility index (Phi) is 6.88. The standard InChI is InChI=1S/C31H31NO5S/c1-31(2,3)17-27(35)32-15-14-24(18-32)37-23-11-6-19(7-12-23)29(36)28-25-13-10-22(34)16-26(25)38-30(28)20-4-8-21(33)9-5-20/h4-13,16,24,33-34H,14-15,17-18H2,1-3H3/t24-/m1/s1. The first kappa shape index (κ1) is 25.8. The highest BCUT2D eigenvalue weighted by molar-refractivity contribution is 7.22. The molecule has 5 rings (SSSR count). The highest BCUT2D eigenvalue weighted by Crippen LogP contribution is 2.41. The van der Waals surface area contributed by atoms with Crippen molar-refractivity contribution in [1.82, 2.24) is 4.90 Å². The lowest BCUT2D eigenvalue weighted by Crippen LogP contribution is -2.33. The normalized spacial score (nSPS) is 15.7. The molecule has 1 aliphatic heterocycles. The van der Waals surface area contributed by atoms with E-state index in [2.05, 4.69) is 20.8 Å². The second-order valence-corrected chi connectivity index (χ2v) is 12.0. The number of phenols is 2. The zero-order chi connectivity index (χ0) is 27.0. The molecule has 0 bridgehead atoms. The number of amides is 1. The van der Waals surface area contributed by atoms with E-state index in [-0.39, 0.29) is 34.7 Å². The third-order valence-corrected chi connectivity index (χ3v) is 7.83. The molecule has 196 valence electrons. The molecule has 0 aliphatic carbocycles. The number of phenolic OH excluding ortho intramolecular Hbond substituents is 2. The predicted molar refractivity (Wildman–Crippen MR) is 150 cm³/mol. The van der Waals surface area contributed by atoms with Gasteiger partial charge in [-0.3, -0.25) is 9.59 Å². The molecule has 1 aromatic heterocycles. The van der Waals surface area contributed by atoms with Crippen molar-refractivity contribution in [3.63, 3.8) is 0 Å². The molecule has 2 N–H and O–H groups in total. The zero-order valence-corrected chi connectivity index (χ0v) is 22.5. The third-order valence-electron chi connectivity index (χ3n) is 6.63. The number of benzene rings is 3. The van der Waals surface area contributed by atoms with Crippen molar-refractivity contribution in [3.05, 3.63) is 77.9 Å². The highest BCUT2D eigenvalue weighted by atomic mass is 32.1. The van der Waals surface area contributed by atoms with E-state index >= 15 is 0 Å². The summed E-state index contributed by atoms with van der Waals surface area (Å²) in [5, 5.41) is 20.5. The molecule has 3 aromatic carbocycles. The largest absolute Gasteiger partial charge is 0.508 e. The van der Waals surface area contributed by atoms with Crippen LogP contribution in [0.25, 0.3) is 20.5 Å². The quantitative estimate of drug-likeness (QED) is 0.274. The summed E-state index contributed by atoms with van der Waals surface area (Å²) in [5.41, 5.74) is 1.86. The van der Waals surface area contributed by atoms with Crippen LogP contribution < -0.4 is 4.74 Å². The molecular formula is C31H31NO5S. The lowest BCUT2D eigenvalue weighted by atomic mass is 9.92. The minimum Gasteiger partial charge on any atom is -0.508 e. The minimum atomic E-state index is -0.128. The number of fused-ring (bicyclic) bond motifs is 1. The lowest BCUT2D eigenvalue weighted by Gasteiger charge is -2.23. The van der Waals surface area contributed by atoms with Crippen LogP contribution in [0.3, 0.4) is 0 Å². The van der Waals surface area contributed by atoms with Crippen LogP contribution in [-0.2, 0) is 4.79 Å². The number of thiophene rings is 1. The first-order valence-corrected chi connectivity index (χ1v) is 13.5. The summed E-state index contributed by atoms with van der Waals surface area (Å²) < 4.78 is 6.95. The SMILES string of the molecule is CC(C)(C)CC(=O)N1CC[C@@H](Oc2ccc(C(=O)c3c(-c4ccc(O)cc4)sc4cc(O)ccc34)cc2)C1. The minimum absolute atomic E-state index is 0.0469. The topological polar surface area (TPSA) is 87.1 Å². The number of carbonyl (C=O) groups excluding carboxylic acids is 2. The van der Waals surface area contributed by atoms with Crippen molar-refractivity contribution in [1.29, 1.82) is 0 Å². The molecule has 2 heterocycles. The second-order valence-electron chi connectivity index (χ2n) is 11.0. The van der Waals surface area contributed by atoms with Gasteiger partial charge in [0.15, 0.2) is 5.78 Å². The van der Waals surface area contributed by atoms with Crippen LogP contribution in [0.4, 0.5) is 0 Å². The van der Waals surface area contributed by atoms with Crippen LogP contribution in [0.15, 0.2) is 66.7 Å². The number of likely N-dealkylation sites (tertiary alicyclic amines) is 1. The average Bonchev–Trinajstić information content (AvgIpc) is 3.48. The molecule has 1 atom stereocenters. The van der Waals surface area contributed by atoms with Crippen LogP contribution in [0.1, 0.15) is 49.5 Å². The van der Waals surface area contributed by atoms with E-state index in [1.165, 1.54) is 11.3 Å². The van der Waals surface area contributed by atoms with E-state index in [9.17, 15) is 19.8 Å². The maximum Gasteiger partial charge on any atom is 0.223 e. The number of ether oxygens (including phenoxy) is 1. The number of rotatable bonds is 6. The van der Waals surface area contributed by atoms with E-state index < -0.39 is 0 Å².